The fourth-order valence-corrected chi connectivity index (χ4v) is 1.85. The highest BCUT2D eigenvalue weighted by Crippen LogP contribution is 2.15. The normalized spacial score (nSPS) is 11.0. The van der Waals surface area contributed by atoms with Crippen molar-refractivity contribution in [1.82, 2.24) is 14.3 Å². The van der Waals surface area contributed by atoms with Crippen LogP contribution in [0.5, 0.6) is 5.75 Å². The van der Waals surface area contributed by atoms with Crippen molar-refractivity contribution in [2.75, 3.05) is 7.11 Å². The molecule has 0 saturated heterocycles. The maximum Gasteiger partial charge on any atom is 0.350 e. The summed E-state index contributed by atoms with van der Waals surface area (Å²) in [5.74, 6) is 1.03. The molecular formula is C13H17N3O3. The van der Waals surface area contributed by atoms with E-state index in [2.05, 4.69) is 5.10 Å². The van der Waals surface area contributed by atoms with Gasteiger partial charge in [0, 0.05) is 0 Å². The third-order valence-corrected chi connectivity index (χ3v) is 2.83. The molecule has 0 bridgehead atoms. The molecule has 1 aromatic heterocycles. The predicted octanol–water partition coefficient (Wildman–Crippen LogP) is 1.12. The number of hydrogen-bond donors (Lipinski definition) is 1. The zero-order chi connectivity index (χ0) is 14.0. The Morgan fingerprint density at radius 1 is 1.32 bits per heavy atom. The summed E-state index contributed by atoms with van der Waals surface area (Å²) >= 11 is 0. The number of hydrogen-bond acceptors (Lipinski definition) is 4. The summed E-state index contributed by atoms with van der Waals surface area (Å²) in [7, 11) is 1.58. The monoisotopic (exact) mass is 263 g/mol. The smallest absolute Gasteiger partial charge is 0.350 e. The molecule has 0 aliphatic carbocycles. The lowest BCUT2D eigenvalue weighted by atomic mass is 10.3. The van der Waals surface area contributed by atoms with E-state index in [1.54, 1.807) is 31.4 Å². The molecule has 0 radical (unpaired) electrons. The summed E-state index contributed by atoms with van der Waals surface area (Å²) < 4.78 is 7.84. The Bertz CT molecular complexity index is 611. The second-order valence-corrected chi connectivity index (χ2v) is 4.43. The van der Waals surface area contributed by atoms with E-state index in [4.69, 9.17) is 4.74 Å². The molecule has 19 heavy (non-hydrogen) atoms. The van der Waals surface area contributed by atoms with E-state index in [1.807, 2.05) is 13.8 Å². The molecule has 0 unspecified atom stereocenters. The fraction of sp³-hybridized carbons (Fsp3) is 0.385. The molecule has 0 amide bonds. The lowest BCUT2D eigenvalue weighted by molar-refractivity contribution is 0.267. The number of aliphatic hydroxyl groups is 1. The molecule has 0 saturated carbocycles. The third-order valence-electron chi connectivity index (χ3n) is 2.83. The Kier molecular flexibility index (Phi) is 3.71. The number of ether oxygens (including phenoxy) is 1. The van der Waals surface area contributed by atoms with Crippen LogP contribution in [0, 0.1) is 0 Å². The van der Waals surface area contributed by atoms with Crippen molar-refractivity contribution < 1.29 is 9.84 Å². The van der Waals surface area contributed by atoms with Gasteiger partial charge in [0.05, 0.1) is 18.8 Å². The summed E-state index contributed by atoms with van der Waals surface area (Å²) in [5.41, 5.74) is 0.394. The third kappa shape index (κ3) is 2.39. The van der Waals surface area contributed by atoms with Crippen molar-refractivity contribution >= 4 is 0 Å². The van der Waals surface area contributed by atoms with E-state index < -0.39 is 0 Å². The lowest BCUT2D eigenvalue weighted by Crippen LogP contribution is -2.25. The molecule has 6 heteroatoms. The van der Waals surface area contributed by atoms with Gasteiger partial charge in [0.25, 0.3) is 0 Å². The minimum atomic E-state index is -0.291. The van der Waals surface area contributed by atoms with Crippen LogP contribution in [0.2, 0.25) is 0 Å². The van der Waals surface area contributed by atoms with E-state index in [9.17, 15) is 9.90 Å². The van der Waals surface area contributed by atoms with Gasteiger partial charge in [-0.1, -0.05) is 0 Å². The van der Waals surface area contributed by atoms with Crippen LogP contribution < -0.4 is 10.4 Å². The van der Waals surface area contributed by atoms with Crippen LogP contribution in [0.4, 0.5) is 0 Å². The standard InChI is InChI=1S/C13H17N3O3/c1-9(2)16-13(18)15(12(8-17)14-16)10-4-6-11(19-3)7-5-10/h4-7,9,17H,8H2,1-3H3. The first-order valence-corrected chi connectivity index (χ1v) is 6.04. The van der Waals surface area contributed by atoms with Crippen molar-refractivity contribution in [2.24, 2.45) is 0 Å². The van der Waals surface area contributed by atoms with Gasteiger partial charge in [-0.05, 0) is 38.1 Å². The Labute approximate surface area is 110 Å². The molecule has 2 aromatic rings. The molecule has 1 N–H and O–H groups in total. The maximum absolute atomic E-state index is 12.3. The van der Waals surface area contributed by atoms with Crippen LogP contribution >= 0.6 is 0 Å². The van der Waals surface area contributed by atoms with E-state index in [0.29, 0.717) is 17.3 Å². The van der Waals surface area contributed by atoms with E-state index in [1.165, 1.54) is 9.25 Å². The lowest BCUT2D eigenvalue weighted by Gasteiger charge is -2.05. The van der Waals surface area contributed by atoms with Gasteiger partial charge in [-0.25, -0.2) is 14.0 Å². The van der Waals surface area contributed by atoms with Crippen molar-refractivity contribution in [3.8, 4) is 11.4 Å². The summed E-state index contributed by atoms with van der Waals surface area (Å²) in [6, 6.07) is 6.97. The molecule has 0 aliphatic heterocycles. The van der Waals surface area contributed by atoms with Gasteiger partial charge >= 0.3 is 5.69 Å². The summed E-state index contributed by atoms with van der Waals surface area (Å²) in [6.07, 6.45) is 0. The largest absolute Gasteiger partial charge is 0.497 e. The number of rotatable bonds is 4. The van der Waals surface area contributed by atoms with Crippen LogP contribution in [0.15, 0.2) is 29.1 Å². The van der Waals surface area contributed by atoms with Gasteiger partial charge in [-0.15, -0.1) is 0 Å². The first-order valence-electron chi connectivity index (χ1n) is 6.04. The zero-order valence-corrected chi connectivity index (χ0v) is 11.2. The van der Waals surface area contributed by atoms with Crippen molar-refractivity contribution in [1.29, 1.82) is 0 Å². The van der Waals surface area contributed by atoms with Gasteiger partial charge in [0.2, 0.25) is 0 Å². The minimum absolute atomic E-state index is 0.0581. The fourth-order valence-electron chi connectivity index (χ4n) is 1.85. The summed E-state index contributed by atoms with van der Waals surface area (Å²) in [5, 5.41) is 13.5. The van der Waals surface area contributed by atoms with Crippen molar-refractivity contribution in [2.45, 2.75) is 26.5 Å². The van der Waals surface area contributed by atoms with Gasteiger partial charge in [-0.3, -0.25) is 0 Å². The van der Waals surface area contributed by atoms with Crippen LogP contribution in [0.3, 0.4) is 0 Å². The predicted molar refractivity (Wildman–Crippen MR) is 70.7 cm³/mol. The number of benzene rings is 1. The van der Waals surface area contributed by atoms with Gasteiger partial charge in [0.1, 0.15) is 12.4 Å². The first-order chi connectivity index (χ1) is 9.08. The van der Waals surface area contributed by atoms with E-state index >= 15 is 0 Å². The summed E-state index contributed by atoms with van der Waals surface area (Å²) in [6.45, 7) is 3.45. The SMILES string of the molecule is COc1ccc(-n2c(CO)nn(C(C)C)c2=O)cc1. The second-order valence-electron chi connectivity index (χ2n) is 4.43. The molecule has 0 atom stereocenters. The Hall–Kier alpha value is -2.08. The molecule has 2 rings (SSSR count). The Balaban J connectivity index is 2.56. The maximum atomic E-state index is 12.3. The average molecular weight is 263 g/mol. The van der Waals surface area contributed by atoms with Crippen LogP contribution in [-0.2, 0) is 6.61 Å². The summed E-state index contributed by atoms with van der Waals surface area (Å²) in [4.78, 5) is 12.3. The second kappa shape index (κ2) is 5.27. The highest BCUT2D eigenvalue weighted by Gasteiger charge is 2.15. The quantitative estimate of drug-likeness (QED) is 0.897. The van der Waals surface area contributed by atoms with Crippen molar-refractivity contribution in [3.05, 3.63) is 40.6 Å². The molecule has 0 spiro atoms. The van der Waals surface area contributed by atoms with E-state index in [0.717, 1.165) is 0 Å². The topological polar surface area (TPSA) is 69.3 Å². The number of aliphatic hydroxyl groups excluding tert-OH is 1. The van der Waals surface area contributed by atoms with Crippen LogP contribution in [0.1, 0.15) is 25.7 Å². The molecule has 0 aliphatic rings. The molecule has 1 heterocycles. The Morgan fingerprint density at radius 3 is 2.42 bits per heavy atom. The molecule has 0 fully saturated rings. The molecular weight excluding hydrogens is 246 g/mol. The highest BCUT2D eigenvalue weighted by atomic mass is 16.5. The average Bonchev–Trinajstić information content (AvgIpc) is 2.76. The molecule has 1 aromatic carbocycles. The highest BCUT2D eigenvalue weighted by molar-refractivity contribution is 5.38. The number of nitrogens with zero attached hydrogens (tertiary/aromatic N) is 3. The minimum Gasteiger partial charge on any atom is -0.497 e. The zero-order valence-electron chi connectivity index (χ0n) is 11.2. The Morgan fingerprint density at radius 2 is 1.95 bits per heavy atom. The number of aromatic nitrogens is 3. The molecule has 6 nitrogen and oxygen atoms in total. The van der Waals surface area contributed by atoms with Crippen LogP contribution in [0.25, 0.3) is 5.69 Å². The van der Waals surface area contributed by atoms with Gasteiger partial charge in [0.15, 0.2) is 5.82 Å². The van der Waals surface area contributed by atoms with Gasteiger partial charge < -0.3 is 9.84 Å². The number of methoxy groups -OCH3 is 1. The molecule has 102 valence electrons. The van der Waals surface area contributed by atoms with Gasteiger partial charge in [-0.2, -0.15) is 5.10 Å². The first kappa shape index (κ1) is 13.4. The van der Waals surface area contributed by atoms with Crippen LogP contribution in [-0.4, -0.2) is 26.6 Å². The van der Waals surface area contributed by atoms with Crippen molar-refractivity contribution in [3.63, 3.8) is 0 Å². The van der Waals surface area contributed by atoms with E-state index in [-0.39, 0.29) is 18.3 Å².